The number of benzene rings is 2. The summed E-state index contributed by atoms with van der Waals surface area (Å²) in [5, 5.41) is 0.933. The highest BCUT2D eigenvalue weighted by Gasteiger charge is 2.25. The van der Waals surface area contributed by atoms with Gasteiger partial charge in [0.2, 0.25) is 0 Å². The molecular formula is C24H32ClFN6S. The van der Waals surface area contributed by atoms with Gasteiger partial charge in [-0.15, -0.1) is 0 Å². The van der Waals surface area contributed by atoms with Crippen LogP contribution in [0.3, 0.4) is 0 Å². The number of hydrogen-bond acceptors (Lipinski definition) is 5. The second-order valence-electron chi connectivity index (χ2n) is 8.88. The number of piperazine rings is 1. The van der Waals surface area contributed by atoms with Crippen LogP contribution in [0.25, 0.3) is 0 Å². The quantitative estimate of drug-likeness (QED) is 0.423. The van der Waals surface area contributed by atoms with Gasteiger partial charge in [-0.1, -0.05) is 23.7 Å². The van der Waals surface area contributed by atoms with Gasteiger partial charge in [0.1, 0.15) is 5.82 Å². The molecule has 0 atom stereocenters. The molecule has 0 unspecified atom stereocenters. The Labute approximate surface area is 205 Å². The van der Waals surface area contributed by atoms with E-state index >= 15 is 4.39 Å². The van der Waals surface area contributed by atoms with E-state index in [4.69, 9.17) is 29.6 Å². The molecule has 4 N–H and O–H groups in total. The largest absolute Gasteiger partial charge is 0.375 e. The van der Waals surface area contributed by atoms with Crippen LogP contribution in [0.2, 0.25) is 5.02 Å². The molecule has 9 heteroatoms. The summed E-state index contributed by atoms with van der Waals surface area (Å²) in [4.78, 5) is 6.84. The number of anilines is 2. The van der Waals surface area contributed by atoms with Gasteiger partial charge in [-0.25, -0.2) is 9.82 Å². The SMILES string of the molecule is CN1CCN(c2cc(N3CCC(c4cccc(Cl)c4)CC3)c(F)cc2CNNC(N)=S)CC1. The normalized spacial score (nSPS) is 17.9. The number of nitrogens with zero attached hydrogens (tertiary/aromatic N) is 3. The number of likely N-dealkylation sites (N-methyl/N-ethyl adjacent to an activating group) is 1. The zero-order valence-corrected chi connectivity index (χ0v) is 20.6. The van der Waals surface area contributed by atoms with Crippen molar-refractivity contribution in [3.63, 3.8) is 0 Å². The molecule has 0 aromatic heterocycles. The van der Waals surface area contributed by atoms with Crippen LogP contribution in [-0.2, 0) is 6.54 Å². The predicted molar refractivity (Wildman–Crippen MR) is 139 cm³/mol. The first-order chi connectivity index (χ1) is 15.9. The van der Waals surface area contributed by atoms with E-state index in [2.05, 4.69) is 44.7 Å². The molecule has 2 saturated heterocycles. The van der Waals surface area contributed by atoms with Crippen molar-refractivity contribution in [3.8, 4) is 0 Å². The fourth-order valence-electron chi connectivity index (χ4n) is 4.76. The molecule has 4 rings (SSSR count). The molecule has 33 heavy (non-hydrogen) atoms. The van der Waals surface area contributed by atoms with Crippen LogP contribution in [0.1, 0.15) is 29.9 Å². The number of nitrogens with one attached hydrogen (secondary N) is 2. The lowest BCUT2D eigenvalue weighted by molar-refractivity contribution is 0.312. The van der Waals surface area contributed by atoms with Crippen molar-refractivity contribution in [2.24, 2.45) is 5.73 Å². The van der Waals surface area contributed by atoms with Gasteiger partial charge in [-0.2, -0.15) is 0 Å². The van der Waals surface area contributed by atoms with E-state index in [1.165, 1.54) is 5.56 Å². The van der Waals surface area contributed by atoms with Crippen LogP contribution < -0.4 is 26.4 Å². The molecule has 2 aromatic carbocycles. The Morgan fingerprint density at radius 2 is 1.76 bits per heavy atom. The molecule has 2 aliphatic rings. The predicted octanol–water partition coefficient (Wildman–Crippen LogP) is 3.45. The minimum absolute atomic E-state index is 0.163. The first-order valence-electron chi connectivity index (χ1n) is 11.5. The van der Waals surface area contributed by atoms with Crippen LogP contribution in [-0.4, -0.2) is 56.3 Å². The molecule has 2 fully saturated rings. The second-order valence-corrected chi connectivity index (χ2v) is 9.76. The van der Waals surface area contributed by atoms with Crippen LogP contribution in [0.15, 0.2) is 36.4 Å². The van der Waals surface area contributed by atoms with Crippen molar-refractivity contribution < 1.29 is 4.39 Å². The summed E-state index contributed by atoms with van der Waals surface area (Å²) in [6, 6.07) is 11.8. The van der Waals surface area contributed by atoms with Crippen molar-refractivity contribution in [3.05, 3.63) is 58.4 Å². The summed E-state index contributed by atoms with van der Waals surface area (Å²) in [7, 11) is 2.13. The van der Waals surface area contributed by atoms with Crippen LogP contribution in [0, 0.1) is 5.82 Å². The zero-order valence-electron chi connectivity index (χ0n) is 19.0. The molecule has 2 heterocycles. The number of thiocarbonyl (C=S) groups is 1. The van der Waals surface area contributed by atoms with E-state index in [1.807, 2.05) is 18.2 Å². The molecular weight excluding hydrogens is 459 g/mol. The second kappa shape index (κ2) is 10.9. The molecule has 2 aliphatic heterocycles. The van der Waals surface area contributed by atoms with Crippen molar-refractivity contribution in [1.82, 2.24) is 15.8 Å². The van der Waals surface area contributed by atoms with Gasteiger partial charge in [-0.05, 0) is 73.4 Å². The van der Waals surface area contributed by atoms with E-state index in [1.54, 1.807) is 6.07 Å². The molecule has 0 saturated carbocycles. The molecule has 0 bridgehead atoms. The molecule has 0 aliphatic carbocycles. The van der Waals surface area contributed by atoms with Crippen LogP contribution in [0.4, 0.5) is 15.8 Å². The third kappa shape index (κ3) is 6.06. The first-order valence-corrected chi connectivity index (χ1v) is 12.2. The Bertz CT molecular complexity index is 973. The standard InChI is InChI=1S/C24H32ClFN6S/c1-30-9-11-32(12-10-30)22-15-23(21(26)14-19(22)16-28-29-24(27)33)31-7-5-17(6-8-31)18-3-2-4-20(25)13-18/h2-4,13-15,17,28H,5-12,16H2,1H3,(H3,27,29,33). The van der Waals surface area contributed by atoms with Gasteiger partial charge < -0.3 is 20.4 Å². The van der Waals surface area contributed by atoms with Crippen molar-refractivity contribution in [2.75, 3.05) is 56.1 Å². The van der Waals surface area contributed by atoms with Gasteiger partial charge in [0.25, 0.3) is 0 Å². The topological polar surface area (TPSA) is 59.8 Å². The smallest absolute Gasteiger partial charge is 0.178 e. The third-order valence-electron chi connectivity index (χ3n) is 6.64. The fraction of sp³-hybridized carbons (Fsp3) is 0.458. The number of nitrogens with two attached hydrogens (primary N) is 1. The highest BCUT2D eigenvalue weighted by atomic mass is 35.5. The Morgan fingerprint density at radius 3 is 2.42 bits per heavy atom. The number of halogens is 2. The van der Waals surface area contributed by atoms with E-state index in [9.17, 15) is 0 Å². The number of hydrogen-bond donors (Lipinski definition) is 3. The highest BCUT2D eigenvalue weighted by Crippen LogP contribution is 2.35. The van der Waals surface area contributed by atoms with Gasteiger partial charge in [0.05, 0.1) is 5.69 Å². The average Bonchev–Trinajstić information content (AvgIpc) is 2.80. The van der Waals surface area contributed by atoms with Gasteiger partial charge >= 0.3 is 0 Å². The third-order valence-corrected chi connectivity index (χ3v) is 6.98. The van der Waals surface area contributed by atoms with Gasteiger partial charge in [0, 0.05) is 56.5 Å². The van der Waals surface area contributed by atoms with Gasteiger partial charge in [-0.3, -0.25) is 5.43 Å². The molecule has 0 amide bonds. The lowest BCUT2D eigenvalue weighted by Crippen LogP contribution is -2.45. The fourth-order valence-corrected chi connectivity index (χ4v) is 5.03. The number of piperidine rings is 1. The van der Waals surface area contributed by atoms with E-state index < -0.39 is 0 Å². The molecule has 0 radical (unpaired) electrons. The maximum Gasteiger partial charge on any atom is 0.178 e. The minimum atomic E-state index is -0.193. The minimum Gasteiger partial charge on any atom is -0.375 e. The summed E-state index contributed by atoms with van der Waals surface area (Å²) >= 11 is 11.1. The van der Waals surface area contributed by atoms with Crippen molar-refractivity contribution in [2.45, 2.75) is 25.3 Å². The maximum atomic E-state index is 15.3. The Morgan fingerprint density at radius 1 is 1.06 bits per heavy atom. The monoisotopic (exact) mass is 490 g/mol. The Balaban J connectivity index is 1.52. The first kappa shape index (κ1) is 24.0. The van der Waals surface area contributed by atoms with Gasteiger partial charge in [0.15, 0.2) is 5.11 Å². The Hall–Kier alpha value is -2.13. The van der Waals surface area contributed by atoms with E-state index in [0.29, 0.717) is 18.2 Å². The summed E-state index contributed by atoms with van der Waals surface area (Å²) in [6.45, 7) is 5.84. The average molecular weight is 491 g/mol. The van der Waals surface area contributed by atoms with E-state index in [-0.39, 0.29) is 10.9 Å². The number of hydrazine groups is 1. The van der Waals surface area contributed by atoms with Crippen molar-refractivity contribution >= 4 is 40.3 Å². The Kier molecular flexibility index (Phi) is 7.90. The molecule has 0 spiro atoms. The summed E-state index contributed by atoms with van der Waals surface area (Å²) < 4.78 is 15.3. The summed E-state index contributed by atoms with van der Waals surface area (Å²) in [5.41, 5.74) is 15.2. The maximum absolute atomic E-state index is 15.3. The van der Waals surface area contributed by atoms with Crippen molar-refractivity contribution in [1.29, 1.82) is 0 Å². The molecule has 178 valence electrons. The van der Waals surface area contributed by atoms with Crippen LogP contribution >= 0.6 is 23.8 Å². The lowest BCUT2D eigenvalue weighted by Gasteiger charge is -2.37. The number of rotatable bonds is 6. The lowest BCUT2D eigenvalue weighted by atomic mass is 9.89. The summed E-state index contributed by atoms with van der Waals surface area (Å²) in [6.07, 6.45) is 1.95. The summed E-state index contributed by atoms with van der Waals surface area (Å²) in [5.74, 6) is 0.260. The zero-order chi connectivity index (χ0) is 23.4. The molecule has 2 aromatic rings. The van der Waals surface area contributed by atoms with Crippen LogP contribution in [0.5, 0.6) is 0 Å². The molecule has 6 nitrogen and oxygen atoms in total. The highest BCUT2D eigenvalue weighted by molar-refractivity contribution is 7.80. The van der Waals surface area contributed by atoms with E-state index in [0.717, 1.165) is 68.4 Å².